The van der Waals surface area contributed by atoms with E-state index < -0.39 is 5.60 Å². The Morgan fingerprint density at radius 2 is 1.89 bits per heavy atom. The second-order valence-electron chi connectivity index (χ2n) is 8.15. The number of hydrogen-bond acceptors (Lipinski definition) is 4. The Labute approximate surface area is 165 Å². The number of carbonyl (C=O) groups excluding carboxylic acids is 3. The molecule has 1 aromatic rings. The van der Waals surface area contributed by atoms with Crippen molar-refractivity contribution >= 4 is 23.7 Å². The topological polar surface area (TPSA) is 91.0 Å². The lowest BCUT2D eigenvalue weighted by Gasteiger charge is -2.33. The number of benzene rings is 1. The van der Waals surface area contributed by atoms with Gasteiger partial charge in [-0.2, -0.15) is 0 Å². The molecule has 2 aliphatic rings. The third-order valence-corrected chi connectivity index (χ3v) is 4.76. The van der Waals surface area contributed by atoms with Gasteiger partial charge in [0.15, 0.2) is 0 Å². The van der Waals surface area contributed by atoms with Crippen LogP contribution in [-0.2, 0) is 4.74 Å². The highest BCUT2D eigenvalue weighted by atomic mass is 16.6. The largest absolute Gasteiger partial charge is 0.444 e. The summed E-state index contributed by atoms with van der Waals surface area (Å²) in [6, 6.07) is 6.93. The van der Waals surface area contributed by atoms with Gasteiger partial charge in [-0.25, -0.2) is 9.59 Å². The highest BCUT2D eigenvalue weighted by molar-refractivity contribution is 5.98. The zero-order chi connectivity index (χ0) is 20.3. The first kappa shape index (κ1) is 20.0. The lowest BCUT2D eigenvalue weighted by atomic mass is 10.0. The number of piperidine rings is 1. The number of carbonyl (C=O) groups is 3. The van der Waals surface area contributed by atoms with Gasteiger partial charge in [0.05, 0.1) is 0 Å². The third kappa shape index (κ3) is 4.94. The van der Waals surface area contributed by atoms with Crippen LogP contribution in [0.25, 0.3) is 0 Å². The third-order valence-electron chi connectivity index (χ3n) is 4.76. The molecule has 2 heterocycles. The summed E-state index contributed by atoms with van der Waals surface area (Å²) in [5, 5.41) is 5.79. The van der Waals surface area contributed by atoms with Crippen LogP contribution in [0.2, 0.25) is 0 Å². The van der Waals surface area contributed by atoms with Crippen LogP contribution >= 0.6 is 0 Å². The predicted octanol–water partition coefficient (Wildman–Crippen LogP) is 2.35. The van der Waals surface area contributed by atoms with Crippen molar-refractivity contribution in [2.45, 2.75) is 45.3 Å². The zero-order valence-corrected chi connectivity index (χ0v) is 16.7. The minimum atomic E-state index is -0.514. The van der Waals surface area contributed by atoms with Crippen LogP contribution in [0.15, 0.2) is 24.3 Å². The summed E-state index contributed by atoms with van der Waals surface area (Å²) < 4.78 is 5.40. The summed E-state index contributed by atoms with van der Waals surface area (Å²) in [5.41, 5.74) is 0.716. The van der Waals surface area contributed by atoms with Crippen LogP contribution in [0.4, 0.5) is 15.3 Å². The molecule has 8 heteroatoms. The van der Waals surface area contributed by atoms with E-state index in [-0.39, 0.29) is 24.1 Å². The first-order valence-electron chi connectivity index (χ1n) is 9.67. The van der Waals surface area contributed by atoms with Crippen LogP contribution in [0, 0.1) is 0 Å². The van der Waals surface area contributed by atoms with Crippen molar-refractivity contribution in [1.29, 1.82) is 0 Å². The van der Waals surface area contributed by atoms with Gasteiger partial charge in [-0.1, -0.05) is 6.07 Å². The lowest BCUT2D eigenvalue weighted by molar-refractivity contribution is 0.0199. The van der Waals surface area contributed by atoms with Crippen LogP contribution < -0.4 is 15.5 Å². The molecule has 2 saturated heterocycles. The number of nitrogens with zero attached hydrogens (tertiary/aromatic N) is 2. The van der Waals surface area contributed by atoms with E-state index in [1.54, 1.807) is 28.0 Å². The van der Waals surface area contributed by atoms with Gasteiger partial charge < -0.3 is 20.3 Å². The molecule has 4 amide bonds. The molecule has 8 nitrogen and oxygen atoms in total. The Balaban J connectivity index is 1.53. The van der Waals surface area contributed by atoms with Crippen molar-refractivity contribution in [2.24, 2.45) is 0 Å². The van der Waals surface area contributed by atoms with Crippen molar-refractivity contribution in [1.82, 2.24) is 15.5 Å². The van der Waals surface area contributed by atoms with Crippen molar-refractivity contribution in [3.8, 4) is 0 Å². The molecular weight excluding hydrogens is 360 g/mol. The minimum Gasteiger partial charge on any atom is -0.444 e. The molecule has 0 bridgehead atoms. The second-order valence-corrected chi connectivity index (χ2v) is 8.15. The van der Waals surface area contributed by atoms with Crippen molar-refractivity contribution in [2.75, 3.05) is 31.1 Å². The fourth-order valence-corrected chi connectivity index (χ4v) is 3.33. The van der Waals surface area contributed by atoms with E-state index in [4.69, 9.17) is 4.74 Å². The van der Waals surface area contributed by atoms with Crippen molar-refractivity contribution < 1.29 is 19.1 Å². The molecule has 0 spiro atoms. The van der Waals surface area contributed by atoms with Gasteiger partial charge in [-0.05, 0) is 51.8 Å². The second kappa shape index (κ2) is 8.08. The van der Waals surface area contributed by atoms with E-state index in [1.807, 2.05) is 26.8 Å². The Morgan fingerprint density at radius 3 is 2.50 bits per heavy atom. The number of amides is 4. The summed E-state index contributed by atoms with van der Waals surface area (Å²) in [5.74, 6) is -0.169. The first-order valence-corrected chi connectivity index (χ1v) is 9.67. The highest BCUT2D eigenvalue weighted by Gasteiger charge is 2.28. The van der Waals surface area contributed by atoms with Crippen molar-refractivity contribution in [3.05, 3.63) is 29.8 Å². The Morgan fingerprint density at radius 1 is 1.18 bits per heavy atom. The van der Waals surface area contributed by atoms with E-state index in [0.717, 1.165) is 0 Å². The maximum atomic E-state index is 12.6. The van der Waals surface area contributed by atoms with Gasteiger partial charge in [-0.3, -0.25) is 9.69 Å². The van der Waals surface area contributed by atoms with E-state index in [9.17, 15) is 14.4 Å². The molecule has 0 unspecified atom stereocenters. The van der Waals surface area contributed by atoms with Gasteiger partial charge in [0, 0.05) is 43.5 Å². The van der Waals surface area contributed by atoms with Gasteiger partial charge in [0.2, 0.25) is 0 Å². The maximum absolute atomic E-state index is 12.6. The van der Waals surface area contributed by atoms with Gasteiger partial charge in [-0.15, -0.1) is 0 Å². The minimum absolute atomic E-state index is 0.00456. The average Bonchev–Trinajstić information content (AvgIpc) is 3.07. The standard InChI is InChI=1S/C20H28N4O4/c1-20(2,3)28-19(27)23-10-7-15(8-11-23)22-17(25)14-5-4-6-16(13-14)24-12-9-21-18(24)26/h4-6,13,15H,7-12H2,1-3H3,(H,21,26)(H,22,25). The number of anilines is 1. The maximum Gasteiger partial charge on any atom is 0.410 e. The summed E-state index contributed by atoms with van der Waals surface area (Å²) in [7, 11) is 0. The fraction of sp³-hybridized carbons (Fsp3) is 0.550. The molecule has 28 heavy (non-hydrogen) atoms. The number of rotatable bonds is 3. The number of hydrogen-bond donors (Lipinski definition) is 2. The van der Waals surface area contributed by atoms with Gasteiger partial charge in [0.1, 0.15) is 5.60 Å². The molecule has 3 rings (SSSR count). The lowest BCUT2D eigenvalue weighted by Crippen LogP contribution is -2.47. The average molecular weight is 388 g/mol. The summed E-state index contributed by atoms with van der Waals surface area (Å²) in [6.07, 6.45) is 1.05. The molecule has 0 radical (unpaired) electrons. The summed E-state index contributed by atoms with van der Waals surface area (Å²) in [6.45, 7) is 7.83. The van der Waals surface area contributed by atoms with E-state index in [0.29, 0.717) is 50.3 Å². The quantitative estimate of drug-likeness (QED) is 0.832. The zero-order valence-electron chi connectivity index (χ0n) is 16.7. The monoisotopic (exact) mass is 388 g/mol. The fourth-order valence-electron chi connectivity index (χ4n) is 3.33. The van der Waals surface area contributed by atoms with Crippen LogP contribution in [0.5, 0.6) is 0 Å². The predicted molar refractivity (Wildman–Crippen MR) is 105 cm³/mol. The SMILES string of the molecule is CC(C)(C)OC(=O)N1CCC(NC(=O)c2cccc(N3CCNC3=O)c2)CC1. The first-order chi connectivity index (χ1) is 13.2. The number of nitrogens with one attached hydrogen (secondary N) is 2. The molecule has 0 aliphatic carbocycles. The summed E-state index contributed by atoms with van der Waals surface area (Å²) >= 11 is 0. The highest BCUT2D eigenvalue weighted by Crippen LogP contribution is 2.19. The Kier molecular flexibility index (Phi) is 5.76. The molecule has 0 atom stereocenters. The molecule has 2 fully saturated rings. The normalized spacial score (nSPS) is 18.0. The number of ether oxygens (including phenoxy) is 1. The number of urea groups is 1. The van der Waals surface area contributed by atoms with Gasteiger partial charge >= 0.3 is 12.1 Å². The Bertz CT molecular complexity index is 751. The summed E-state index contributed by atoms with van der Waals surface area (Å²) in [4.78, 5) is 39.9. The molecule has 2 aliphatic heterocycles. The van der Waals surface area contributed by atoms with E-state index >= 15 is 0 Å². The Hall–Kier alpha value is -2.77. The van der Waals surface area contributed by atoms with Crippen LogP contribution in [0.3, 0.4) is 0 Å². The number of likely N-dealkylation sites (tertiary alicyclic amines) is 1. The van der Waals surface area contributed by atoms with E-state index in [2.05, 4.69) is 10.6 Å². The molecule has 1 aromatic carbocycles. The molecule has 152 valence electrons. The smallest absolute Gasteiger partial charge is 0.410 e. The molecule has 0 saturated carbocycles. The van der Waals surface area contributed by atoms with E-state index in [1.165, 1.54) is 0 Å². The molecular formula is C20H28N4O4. The van der Waals surface area contributed by atoms with Gasteiger partial charge in [0.25, 0.3) is 5.91 Å². The van der Waals surface area contributed by atoms with Crippen LogP contribution in [0.1, 0.15) is 44.0 Å². The molecule has 0 aromatic heterocycles. The molecule has 2 N–H and O–H groups in total. The van der Waals surface area contributed by atoms with Crippen molar-refractivity contribution in [3.63, 3.8) is 0 Å². The van der Waals surface area contributed by atoms with Crippen LogP contribution in [-0.4, -0.2) is 60.8 Å².